The van der Waals surface area contributed by atoms with E-state index in [2.05, 4.69) is 5.32 Å². The molecule has 0 aliphatic carbocycles. The van der Waals surface area contributed by atoms with E-state index in [1.807, 2.05) is 6.07 Å². The Morgan fingerprint density at radius 3 is 2.53 bits per heavy atom. The third-order valence-corrected chi connectivity index (χ3v) is 2.39. The molecule has 6 nitrogen and oxygen atoms in total. The summed E-state index contributed by atoms with van der Waals surface area (Å²) in [6, 6.07) is 7.34. The second-order valence-corrected chi connectivity index (χ2v) is 3.79. The van der Waals surface area contributed by atoms with Gasteiger partial charge in [0.2, 0.25) is 0 Å². The molecule has 0 radical (unpaired) electrons. The number of amides is 1. The molecule has 1 rings (SSSR count). The van der Waals surface area contributed by atoms with Gasteiger partial charge in [0.05, 0.1) is 11.6 Å². The highest BCUT2D eigenvalue weighted by Crippen LogP contribution is 2.11. The minimum Gasteiger partial charge on any atom is -0.484 e. The lowest BCUT2D eigenvalue weighted by atomic mass is 10.2. The monoisotopic (exact) mass is 262 g/mol. The molecule has 100 valence electrons. The molecule has 6 heteroatoms. The molecular formula is C13H14N2O4. The highest BCUT2D eigenvalue weighted by molar-refractivity contribution is 5.84. The predicted molar refractivity (Wildman–Crippen MR) is 66.5 cm³/mol. The fourth-order valence-electron chi connectivity index (χ4n) is 1.35. The van der Waals surface area contributed by atoms with Gasteiger partial charge in [0.15, 0.2) is 6.61 Å². The van der Waals surface area contributed by atoms with Gasteiger partial charge in [0.1, 0.15) is 11.8 Å². The van der Waals surface area contributed by atoms with Crippen molar-refractivity contribution in [3.8, 4) is 11.8 Å². The van der Waals surface area contributed by atoms with Crippen LogP contribution in [-0.4, -0.2) is 29.6 Å². The van der Waals surface area contributed by atoms with Gasteiger partial charge in [-0.05, 0) is 30.7 Å². The first-order valence-electron chi connectivity index (χ1n) is 5.72. The van der Waals surface area contributed by atoms with Gasteiger partial charge >= 0.3 is 5.97 Å². The van der Waals surface area contributed by atoms with Crippen molar-refractivity contribution in [1.29, 1.82) is 5.26 Å². The van der Waals surface area contributed by atoms with Crippen LogP contribution >= 0.6 is 0 Å². The molecule has 1 aromatic rings. The normalized spacial score (nSPS) is 11.2. The Morgan fingerprint density at radius 1 is 1.42 bits per heavy atom. The summed E-state index contributed by atoms with van der Waals surface area (Å²) in [4.78, 5) is 22.2. The van der Waals surface area contributed by atoms with E-state index in [0.717, 1.165) is 0 Å². The average molecular weight is 262 g/mol. The number of carbonyl (C=O) groups is 2. The first kappa shape index (κ1) is 14.5. The summed E-state index contributed by atoms with van der Waals surface area (Å²) in [5.74, 6) is -1.13. The van der Waals surface area contributed by atoms with Crippen molar-refractivity contribution in [3.63, 3.8) is 0 Å². The zero-order chi connectivity index (χ0) is 14.3. The van der Waals surface area contributed by atoms with Crippen LogP contribution in [0, 0.1) is 11.3 Å². The van der Waals surface area contributed by atoms with E-state index in [-0.39, 0.29) is 6.61 Å². The number of rotatable bonds is 6. The van der Waals surface area contributed by atoms with Crippen molar-refractivity contribution in [3.05, 3.63) is 29.8 Å². The van der Waals surface area contributed by atoms with Crippen molar-refractivity contribution in [2.45, 2.75) is 19.4 Å². The number of carbonyl (C=O) groups excluding carboxylic acids is 1. The largest absolute Gasteiger partial charge is 0.484 e. The number of nitriles is 1. The van der Waals surface area contributed by atoms with Crippen LogP contribution in [0.1, 0.15) is 18.9 Å². The molecule has 0 fully saturated rings. The Labute approximate surface area is 110 Å². The van der Waals surface area contributed by atoms with Gasteiger partial charge < -0.3 is 15.2 Å². The van der Waals surface area contributed by atoms with Crippen LogP contribution < -0.4 is 10.1 Å². The summed E-state index contributed by atoms with van der Waals surface area (Å²) in [6.07, 6.45) is 0.304. The van der Waals surface area contributed by atoms with E-state index in [1.54, 1.807) is 31.2 Å². The van der Waals surface area contributed by atoms with Crippen LogP contribution in [0.25, 0.3) is 0 Å². The van der Waals surface area contributed by atoms with E-state index in [4.69, 9.17) is 15.1 Å². The lowest BCUT2D eigenvalue weighted by Crippen LogP contribution is -2.42. The lowest BCUT2D eigenvalue weighted by molar-refractivity contribution is -0.142. The fourth-order valence-corrected chi connectivity index (χ4v) is 1.35. The first-order chi connectivity index (χ1) is 9.06. The van der Waals surface area contributed by atoms with Gasteiger partial charge in [-0.3, -0.25) is 4.79 Å². The topological polar surface area (TPSA) is 99.4 Å². The number of nitrogens with one attached hydrogen (secondary N) is 1. The van der Waals surface area contributed by atoms with Crippen LogP contribution in [-0.2, 0) is 9.59 Å². The summed E-state index contributed by atoms with van der Waals surface area (Å²) < 4.78 is 5.18. The molecule has 0 unspecified atom stereocenters. The van der Waals surface area contributed by atoms with E-state index in [0.29, 0.717) is 17.7 Å². The number of hydrogen-bond acceptors (Lipinski definition) is 4. The second-order valence-electron chi connectivity index (χ2n) is 3.79. The van der Waals surface area contributed by atoms with Crippen molar-refractivity contribution < 1.29 is 19.4 Å². The maximum atomic E-state index is 11.5. The number of hydrogen-bond donors (Lipinski definition) is 2. The summed E-state index contributed by atoms with van der Waals surface area (Å²) in [7, 11) is 0. The number of carboxylic acid groups (broad SMARTS) is 1. The fraction of sp³-hybridized carbons (Fsp3) is 0.308. The van der Waals surface area contributed by atoms with E-state index >= 15 is 0 Å². The summed E-state index contributed by atoms with van der Waals surface area (Å²) in [6.45, 7) is 1.40. The minimum atomic E-state index is -1.07. The van der Waals surface area contributed by atoms with Crippen LogP contribution in [0.2, 0.25) is 0 Å². The highest BCUT2D eigenvalue weighted by Gasteiger charge is 2.17. The lowest BCUT2D eigenvalue weighted by Gasteiger charge is -2.12. The summed E-state index contributed by atoms with van der Waals surface area (Å²) in [5.41, 5.74) is 0.494. The number of benzene rings is 1. The first-order valence-corrected chi connectivity index (χ1v) is 5.72. The van der Waals surface area contributed by atoms with Gasteiger partial charge in [0, 0.05) is 0 Å². The third kappa shape index (κ3) is 4.68. The maximum absolute atomic E-state index is 11.5. The van der Waals surface area contributed by atoms with Crippen LogP contribution in [0.5, 0.6) is 5.75 Å². The molecular weight excluding hydrogens is 248 g/mol. The Balaban J connectivity index is 2.45. The molecule has 0 bridgehead atoms. The molecule has 0 aromatic heterocycles. The van der Waals surface area contributed by atoms with Crippen molar-refractivity contribution >= 4 is 11.9 Å². The Kier molecular flexibility index (Phi) is 5.35. The van der Waals surface area contributed by atoms with E-state index in [1.165, 1.54) is 0 Å². The van der Waals surface area contributed by atoms with Crippen LogP contribution in [0.15, 0.2) is 24.3 Å². The standard InChI is InChI=1S/C13H14N2O4/c1-2-11(13(17)18)15-12(16)8-19-10-5-3-9(7-14)4-6-10/h3-6,11H,2,8H2,1H3,(H,15,16)(H,17,18)/t11-/m1/s1. The molecule has 0 saturated carbocycles. The Morgan fingerprint density at radius 2 is 2.05 bits per heavy atom. The molecule has 1 aromatic carbocycles. The van der Waals surface area contributed by atoms with Gasteiger partial charge in [-0.2, -0.15) is 5.26 Å². The van der Waals surface area contributed by atoms with Gasteiger partial charge in [-0.15, -0.1) is 0 Å². The SMILES string of the molecule is CC[C@@H](NC(=O)COc1ccc(C#N)cc1)C(=O)O. The average Bonchev–Trinajstić information content (AvgIpc) is 2.42. The predicted octanol–water partition coefficient (Wildman–Crippen LogP) is 0.916. The molecule has 0 aliphatic heterocycles. The maximum Gasteiger partial charge on any atom is 0.326 e. The molecule has 0 heterocycles. The third-order valence-electron chi connectivity index (χ3n) is 2.39. The molecule has 19 heavy (non-hydrogen) atoms. The highest BCUT2D eigenvalue weighted by atomic mass is 16.5. The molecule has 0 spiro atoms. The van der Waals surface area contributed by atoms with Crippen molar-refractivity contribution in [2.24, 2.45) is 0 Å². The van der Waals surface area contributed by atoms with Gasteiger partial charge in [-0.25, -0.2) is 4.79 Å². The van der Waals surface area contributed by atoms with Crippen molar-refractivity contribution in [2.75, 3.05) is 6.61 Å². The van der Waals surface area contributed by atoms with Crippen molar-refractivity contribution in [1.82, 2.24) is 5.32 Å². The van der Waals surface area contributed by atoms with Crippen LogP contribution in [0.3, 0.4) is 0 Å². The Hall–Kier alpha value is -2.55. The number of carboxylic acids is 1. The number of aliphatic carboxylic acids is 1. The zero-order valence-electron chi connectivity index (χ0n) is 10.4. The van der Waals surface area contributed by atoms with Crippen LogP contribution in [0.4, 0.5) is 0 Å². The summed E-state index contributed by atoms with van der Waals surface area (Å²) in [5, 5.41) is 19.7. The molecule has 0 saturated heterocycles. The van der Waals surface area contributed by atoms with E-state index in [9.17, 15) is 9.59 Å². The van der Waals surface area contributed by atoms with E-state index < -0.39 is 17.9 Å². The zero-order valence-corrected chi connectivity index (χ0v) is 10.4. The molecule has 0 aliphatic rings. The summed E-state index contributed by atoms with van der Waals surface area (Å²) >= 11 is 0. The number of ether oxygens (including phenoxy) is 1. The molecule has 1 atom stereocenters. The second kappa shape index (κ2) is 7.01. The van der Waals surface area contributed by atoms with Gasteiger partial charge in [0.25, 0.3) is 5.91 Å². The number of nitrogens with zero attached hydrogens (tertiary/aromatic N) is 1. The smallest absolute Gasteiger partial charge is 0.326 e. The Bertz CT molecular complexity index is 490. The molecule has 2 N–H and O–H groups in total. The minimum absolute atomic E-state index is 0.268. The quantitative estimate of drug-likeness (QED) is 0.794. The van der Waals surface area contributed by atoms with Gasteiger partial charge in [-0.1, -0.05) is 6.92 Å². The molecule has 1 amide bonds.